The fourth-order valence-electron chi connectivity index (χ4n) is 1.75. The van der Waals surface area contributed by atoms with Gasteiger partial charge in [0.2, 0.25) is 5.91 Å². The average Bonchev–Trinajstić information content (AvgIpc) is 2.51. The number of nitrogens with zero attached hydrogens (tertiary/aromatic N) is 1. The second-order valence-electron chi connectivity index (χ2n) is 3.78. The zero-order valence-corrected chi connectivity index (χ0v) is 11.5. The van der Waals surface area contributed by atoms with Crippen LogP contribution < -0.4 is 0 Å². The molecule has 1 aromatic carbocycles. The molecule has 5 heteroatoms. The van der Waals surface area contributed by atoms with Crippen LogP contribution in [0.4, 0.5) is 0 Å². The molecule has 1 aliphatic rings. The summed E-state index contributed by atoms with van der Waals surface area (Å²) >= 11 is 15.6. The van der Waals surface area contributed by atoms with E-state index in [0.717, 1.165) is 5.56 Å². The van der Waals surface area contributed by atoms with Crippen molar-refractivity contribution in [2.75, 3.05) is 6.54 Å². The Kier molecular flexibility index (Phi) is 3.77. The first-order valence-corrected chi connectivity index (χ1v) is 6.60. The fourth-order valence-corrected chi connectivity index (χ4v) is 2.89. The van der Waals surface area contributed by atoms with E-state index in [1.165, 1.54) is 0 Å². The van der Waals surface area contributed by atoms with Gasteiger partial charge in [-0.1, -0.05) is 45.2 Å². The maximum atomic E-state index is 11.6. The molecule has 1 unspecified atom stereocenters. The summed E-state index contributed by atoms with van der Waals surface area (Å²) < 4.78 is 0. The van der Waals surface area contributed by atoms with Gasteiger partial charge in [0.05, 0.1) is 0 Å². The third kappa shape index (κ3) is 2.53. The number of amides is 1. The summed E-state index contributed by atoms with van der Waals surface area (Å²) in [5.74, 6) is 0.137. The summed E-state index contributed by atoms with van der Waals surface area (Å²) in [5.41, 5.74) is 0.820. The molecule has 0 spiro atoms. The van der Waals surface area contributed by atoms with Crippen molar-refractivity contribution in [1.29, 1.82) is 0 Å². The van der Waals surface area contributed by atoms with Crippen molar-refractivity contribution >= 4 is 45.0 Å². The summed E-state index contributed by atoms with van der Waals surface area (Å²) in [6.07, 6.45) is 0.544. The first kappa shape index (κ1) is 12.2. The van der Waals surface area contributed by atoms with E-state index in [-0.39, 0.29) is 10.7 Å². The van der Waals surface area contributed by atoms with Gasteiger partial charge in [0, 0.05) is 39.9 Å². The van der Waals surface area contributed by atoms with E-state index < -0.39 is 0 Å². The second kappa shape index (κ2) is 4.94. The fraction of sp³-hybridized carbons (Fsp3) is 0.364. The molecule has 1 aliphatic heterocycles. The van der Waals surface area contributed by atoms with Crippen LogP contribution in [0.15, 0.2) is 18.2 Å². The Morgan fingerprint density at radius 2 is 2.00 bits per heavy atom. The molecule has 1 amide bonds. The van der Waals surface area contributed by atoms with E-state index in [4.69, 9.17) is 23.2 Å². The van der Waals surface area contributed by atoms with Crippen molar-refractivity contribution in [3.05, 3.63) is 33.8 Å². The van der Waals surface area contributed by atoms with Gasteiger partial charge in [0.25, 0.3) is 0 Å². The van der Waals surface area contributed by atoms with Crippen molar-refractivity contribution in [3.8, 4) is 0 Å². The van der Waals surface area contributed by atoms with Crippen LogP contribution in [0.1, 0.15) is 12.0 Å². The third-order valence-electron chi connectivity index (χ3n) is 2.58. The average molecular weight is 323 g/mol. The molecule has 1 heterocycles. The lowest BCUT2D eigenvalue weighted by atomic mass is 10.2. The molecule has 0 aliphatic carbocycles. The van der Waals surface area contributed by atoms with Gasteiger partial charge < -0.3 is 4.90 Å². The van der Waals surface area contributed by atoms with Gasteiger partial charge in [-0.25, -0.2) is 0 Å². The summed E-state index contributed by atoms with van der Waals surface area (Å²) in [4.78, 5) is 13.6. The van der Waals surface area contributed by atoms with Crippen LogP contribution in [-0.2, 0) is 11.3 Å². The maximum absolute atomic E-state index is 11.6. The van der Waals surface area contributed by atoms with Crippen LogP contribution in [0.2, 0.25) is 10.0 Å². The highest BCUT2D eigenvalue weighted by Gasteiger charge is 2.28. The normalized spacial score (nSPS) is 20.6. The first-order valence-electron chi connectivity index (χ1n) is 4.92. The number of rotatable bonds is 2. The molecule has 2 nitrogen and oxygen atoms in total. The van der Waals surface area contributed by atoms with Gasteiger partial charge in [0.15, 0.2) is 0 Å². The standard InChI is InChI=1S/C11H10BrCl2NO/c12-7-4-11(16)15(5-7)6-8-9(13)2-1-3-10(8)14/h1-3,7H,4-6H2. The maximum Gasteiger partial charge on any atom is 0.224 e. The van der Waals surface area contributed by atoms with Crippen molar-refractivity contribution in [2.24, 2.45) is 0 Å². The Balaban J connectivity index is 2.18. The minimum Gasteiger partial charge on any atom is -0.337 e. The summed E-state index contributed by atoms with van der Waals surface area (Å²) in [6, 6.07) is 5.37. The van der Waals surface area contributed by atoms with E-state index >= 15 is 0 Å². The number of benzene rings is 1. The zero-order chi connectivity index (χ0) is 11.7. The Morgan fingerprint density at radius 1 is 1.38 bits per heavy atom. The highest BCUT2D eigenvalue weighted by atomic mass is 79.9. The van der Waals surface area contributed by atoms with Gasteiger partial charge in [-0.05, 0) is 12.1 Å². The number of likely N-dealkylation sites (tertiary alicyclic amines) is 1. The number of alkyl halides is 1. The Bertz CT molecular complexity index is 404. The van der Waals surface area contributed by atoms with E-state index in [1.54, 1.807) is 23.1 Å². The number of carbonyl (C=O) groups is 1. The highest BCUT2D eigenvalue weighted by Crippen LogP contribution is 2.28. The summed E-state index contributed by atoms with van der Waals surface area (Å²) in [6.45, 7) is 1.19. The monoisotopic (exact) mass is 321 g/mol. The molecule has 2 rings (SSSR count). The lowest BCUT2D eigenvalue weighted by molar-refractivity contribution is -0.128. The van der Waals surface area contributed by atoms with Gasteiger partial charge in [-0.2, -0.15) is 0 Å². The molecule has 16 heavy (non-hydrogen) atoms. The molecule has 0 aromatic heterocycles. The topological polar surface area (TPSA) is 20.3 Å². The summed E-state index contributed by atoms with van der Waals surface area (Å²) in [7, 11) is 0. The predicted octanol–water partition coefficient (Wildman–Crippen LogP) is 3.49. The molecule has 0 saturated carbocycles. The van der Waals surface area contributed by atoms with Crippen LogP contribution in [0.3, 0.4) is 0 Å². The molecule has 1 fully saturated rings. The number of halogens is 3. The third-order valence-corrected chi connectivity index (χ3v) is 3.90. The van der Waals surface area contributed by atoms with Gasteiger partial charge >= 0.3 is 0 Å². The molecule has 1 saturated heterocycles. The lowest BCUT2D eigenvalue weighted by Gasteiger charge is -2.17. The Morgan fingerprint density at radius 3 is 2.50 bits per heavy atom. The minimum atomic E-state index is 0.137. The van der Waals surface area contributed by atoms with Crippen LogP contribution in [0.5, 0.6) is 0 Å². The van der Waals surface area contributed by atoms with Crippen molar-refractivity contribution in [1.82, 2.24) is 4.90 Å². The van der Waals surface area contributed by atoms with E-state index in [2.05, 4.69) is 15.9 Å². The molecule has 1 aromatic rings. The molecule has 0 bridgehead atoms. The quantitative estimate of drug-likeness (QED) is 0.763. The Hall–Kier alpha value is -0.250. The van der Waals surface area contributed by atoms with E-state index in [0.29, 0.717) is 29.6 Å². The smallest absolute Gasteiger partial charge is 0.224 e. The summed E-state index contributed by atoms with van der Waals surface area (Å²) in [5, 5.41) is 1.22. The molecular formula is C11H10BrCl2NO. The van der Waals surface area contributed by atoms with Crippen LogP contribution in [-0.4, -0.2) is 22.2 Å². The van der Waals surface area contributed by atoms with Gasteiger partial charge in [-0.15, -0.1) is 0 Å². The minimum absolute atomic E-state index is 0.137. The van der Waals surface area contributed by atoms with E-state index in [1.807, 2.05) is 0 Å². The molecule has 1 atom stereocenters. The van der Waals surface area contributed by atoms with Crippen molar-refractivity contribution in [2.45, 2.75) is 17.8 Å². The molecule has 0 N–H and O–H groups in total. The SMILES string of the molecule is O=C1CC(Br)CN1Cc1c(Cl)cccc1Cl. The van der Waals surface area contributed by atoms with Crippen LogP contribution in [0, 0.1) is 0 Å². The van der Waals surface area contributed by atoms with Crippen molar-refractivity contribution in [3.63, 3.8) is 0 Å². The number of hydrogen-bond acceptors (Lipinski definition) is 1. The second-order valence-corrected chi connectivity index (χ2v) is 5.89. The van der Waals surface area contributed by atoms with Gasteiger partial charge in [0.1, 0.15) is 0 Å². The molecule has 0 radical (unpaired) electrons. The number of carbonyl (C=O) groups excluding carboxylic acids is 1. The zero-order valence-electron chi connectivity index (χ0n) is 8.42. The molecule has 86 valence electrons. The van der Waals surface area contributed by atoms with Gasteiger partial charge in [-0.3, -0.25) is 4.79 Å². The van der Waals surface area contributed by atoms with E-state index in [9.17, 15) is 4.79 Å². The molecular weight excluding hydrogens is 313 g/mol. The predicted molar refractivity (Wildman–Crippen MR) is 69.2 cm³/mol. The van der Waals surface area contributed by atoms with Crippen LogP contribution in [0.25, 0.3) is 0 Å². The van der Waals surface area contributed by atoms with Crippen molar-refractivity contribution < 1.29 is 4.79 Å². The van der Waals surface area contributed by atoms with Crippen LogP contribution >= 0.6 is 39.1 Å². The highest BCUT2D eigenvalue weighted by molar-refractivity contribution is 9.09. The number of hydrogen-bond donors (Lipinski definition) is 0. The first-order chi connectivity index (χ1) is 7.58. The Labute approximate surface area is 113 Å². The largest absolute Gasteiger partial charge is 0.337 e. The lowest BCUT2D eigenvalue weighted by Crippen LogP contribution is -2.24.